The van der Waals surface area contributed by atoms with Gasteiger partial charge in [-0.3, -0.25) is 0 Å². The summed E-state index contributed by atoms with van der Waals surface area (Å²) < 4.78 is 2.40. The van der Waals surface area contributed by atoms with Gasteiger partial charge in [0.1, 0.15) is 11.5 Å². The summed E-state index contributed by atoms with van der Waals surface area (Å²) in [6.07, 6.45) is 0. The molecule has 0 amide bonds. The molecule has 0 atom stereocenters. The maximum Gasteiger partial charge on any atom is 0.197 e. The molecule has 0 spiro atoms. The largest absolute Gasteiger partial charge is 0.197 e. The van der Waals surface area contributed by atoms with Crippen LogP contribution in [-0.4, -0.2) is 0 Å². The number of nitrogens with zero attached hydrogens (tertiary/aromatic N) is 1. The summed E-state index contributed by atoms with van der Waals surface area (Å²) >= 11 is 1.83. The van der Waals surface area contributed by atoms with Crippen LogP contribution in [0.3, 0.4) is 0 Å². The van der Waals surface area contributed by atoms with Gasteiger partial charge in [0, 0.05) is 33.3 Å². The van der Waals surface area contributed by atoms with Crippen molar-refractivity contribution in [2.45, 2.75) is 59.4 Å². The molecule has 0 radical (unpaired) electrons. The topological polar surface area (TPSA) is 3.88 Å². The molecule has 0 fully saturated rings. The highest BCUT2D eigenvalue weighted by Gasteiger charge is 2.32. The standard InChI is InChI=1S/C12H22NS/c1-9-10(11(2,3)4)8-14-13(9)12(5,6)7/h8H,1-7H3/q+1. The Balaban J connectivity index is 3.23. The van der Waals surface area contributed by atoms with E-state index in [-0.39, 0.29) is 11.0 Å². The summed E-state index contributed by atoms with van der Waals surface area (Å²) in [6, 6.07) is 0. The normalized spacial score (nSPS) is 13.4. The zero-order chi connectivity index (χ0) is 11.1. The molecule has 1 aromatic rings. The Hall–Kier alpha value is -0.370. The van der Waals surface area contributed by atoms with Gasteiger partial charge in [-0.2, -0.15) is 0 Å². The third-order valence-electron chi connectivity index (χ3n) is 2.39. The van der Waals surface area contributed by atoms with E-state index in [1.807, 2.05) is 11.5 Å². The summed E-state index contributed by atoms with van der Waals surface area (Å²) in [5, 5.41) is 2.29. The molecule has 0 N–H and O–H groups in total. The lowest BCUT2D eigenvalue weighted by molar-refractivity contribution is -0.697. The Labute approximate surface area is 91.9 Å². The van der Waals surface area contributed by atoms with E-state index in [1.54, 1.807) is 0 Å². The molecule has 0 saturated heterocycles. The molecule has 1 aromatic heterocycles. The van der Waals surface area contributed by atoms with Gasteiger partial charge in [0.15, 0.2) is 11.2 Å². The molecule has 0 aliphatic rings. The zero-order valence-electron chi connectivity index (χ0n) is 10.4. The van der Waals surface area contributed by atoms with Crippen LogP contribution in [0.1, 0.15) is 52.8 Å². The van der Waals surface area contributed by atoms with Gasteiger partial charge in [-0.25, -0.2) is 0 Å². The van der Waals surface area contributed by atoms with Crippen molar-refractivity contribution in [2.75, 3.05) is 0 Å². The van der Waals surface area contributed by atoms with Crippen LogP contribution in [0.15, 0.2) is 5.38 Å². The monoisotopic (exact) mass is 212 g/mol. The number of aromatic nitrogens is 1. The van der Waals surface area contributed by atoms with Crippen LogP contribution < -0.4 is 3.96 Å². The molecule has 0 aliphatic carbocycles. The molecular weight excluding hydrogens is 190 g/mol. The first-order valence-electron chi connectivity index (χ1n) is 5.15. The highest BCUT2D eigenvalue weighted by Crippen LogP contribution is 2.27. The Bertz CT molecular complexity index is 292. The van der Waals surface area contributed by atoms with E-state index in [4.69, 9.17) is 0 Å². The third kappa shape index (κ3) is 2.17. The van der Waals surface area contributed by atoms with Gasteiger partial charge in [0.2, 0.25) is 0 Å². The first-order valence-corrected chi connectivity index (χ1v) is 5.99. The van der Waals surface area contributed by atoms with E-state index in [0.717, 1.165) is 0 Å². The van der Waals surface area contributed by atoms with E-state index in [0.29, 0.717) is 0 Å². The minimum absolute atomic E-state index is 0.207. The van der Waals surface area contributed by atoms with Gasteiger partial charge < -0.3 is 0 Å². The fourth-order valence-corrected chi connectivity index (χ4v) is 3.07. The van der Waals surface area contributed by atoms with Crippen LogP contribution in [0.2, 0.25) is 0 Å². The maximum atomic E-state index is 2.40. The van der Waals surface area contributed by atoms with Crippen molar-refractivity contribution in [1.82, 2.24) is 0 Å². The Morgan fingerprint density at radius 1 is 1.07 bits per heavy atom. The second-order valence-corrected chi connectivity index (χ2v) is 6.75. The van der Waals surface area contributed by atoms with Crippen LogP contribution in [0.25, 0.3) is 0 Å². The van der Waals surface area contributed by atoms with Crippen LogP contribution in [0.5, 0.6) is 0 Å². The third-order valence-corrected chi connectivity index (χ3v) is 3.76. The number of rotatable bonds is 0. The van der Waals surface area contributed by atoms with Crippen molar-refractivity contribution in [2.24, 2.45) is 0 Å². The van der Waals surface area contributed by atoms with Crippen molar-refractivity contribution in [3.05, 3.63) is 16.6 Å². The average Bonchev–Trinajstić information content (AvgIpc) is 2.26. The summed E-state index contributed by atoms with van der Waals surface area (Å²) in [4.78, 5) is 0. The summed E-state index contributed by atoms with van der Waals surface area (Å²) in [5.74, 6) is 0. The molecule has 1 rings (SSSR count). The molecule has 0 bridgehead atoms. The second kappa shape index (κ2) is 3.34. The lowest BCUT2D eigenvalue weighted by atomic mass is 9.87. The second-order valence-electron chi connectivity index (χ2n) is 5.94. The smallest absolute Gasteiger partial charge is 0.134 e. The van der Waals surface area contributed by atoms with Crippen molar-refractivity contribution in [1.29, 1.82) is 0 Å². The predicted molar refractivity (Wildman–Crippen MR) is 62.9 cm³/mol. The summed E-state index contributed by atoms with van der Waals surface area (Å²) in [5.41, 5.74) is 3.35. The fraction of sp³-hybridized carbons (Fsp3) is 0.750. The summed E-state index contributed by atoms with van der Waals surface area (Å²) in [6.45, 7) is 15.8. The van der Waals surface area contributed by atoms with Crippen molar-refractivity contribution in [3.63, 3.8) is 0 Å². The van der Waals surface area contributed by atoms with E-state index < -0.39 is 0 Å². The van der Waals surface area contributed by atoms with E-state index in [2.05, 4.69) is 57.8 Å². The van der Waals surface area contributed by atoms with Gasteiger partial charge in [-0.15, -0.1) is 3.96 Å². The van der Waals surface area contributed by atoms with Gasteiger partial charge in [0.05, 0.1) is 5.38 Å². The molecule has 0 aliphatic heterocycles. The van der Waals surface area contributed by atoms with E-state index in [9.17, 15) is 0 Å². The van der Waals surface area contributed by atoms with Crippen molar-refractivity contribution < 1.29 is 3.96 Å². The molecule has 0 aromatic carbocycles. The zero-order valence-corrected chi connectivity index (χ0v) is 11.2. The minimum atomic E-state index is 0.207. The maximum absolute atomic E-state index is 2.40. The molecule has 0 saturated carbocycles. The Morgan fingerprint density at radius 2 is 1.57 bits per heavy atom. The molecular formula is C12H22NS+. The number of hydrogen-bond acceptors (Lipinski definition) is 1. The average molecular weight is 212 g/mol. The van der Waals surface area contributed by atoms with Gasteiger partial charge in [0.25, 0.3) is 0 Å². The van der Waals surface area contributed by atoms with Crippen LogP contribution >= 0.6 is 11.5 Å². The molecule has 1 heterocycles. The van der Waals surface area contributed by atoms with E-state index in [1.165, 1.54) is 11.3 Å². The van der Waals surface area contributed by atoms with Gasteiger partial charge >= 0.3 is 0 Å². The number of hydrogen-bond donors (Lipinski definition) is 0. The predicted octanol–water partition coefficient (Wildman–Crippen LogP) is 3.40. The lowest BCUT2D eigenvalue weighted by Crippen LogP contribution is -2.49. The molecule has 1 nitrogen and oxygen atoms in total. The molecule has 0 unspecified atom stereocenters. The lowest BCUT2D eigenvalue weighted by Gasteiger charge is -2.17. The first kappa shape index (κ1) is 11.7. The first-order chi connectivity index (χ1) is 6.14. The SMILES string of the molecule is Cc1c(C(C)(C)C)cs[n+]1C(C)(C)C. The van der Waals surface area contributed by atoms with Crippen LogP contribution in [0.4, 0.5) is 0 Å². The van der Waals surface area contributed by atoms with Crippen molar-refractivity contribution in [3.8, 4) is 0 Å². The van der Waals surface area contributed by atoms with Gasteiger partial charge in [-0.1, -0.05) is 20.8 Å². The van der Waals surface area contributed by atoms with Crippen LogP contribution in [0, 0.1) is 6.92 Å². The van der Waals surface area contributed by atoms with Crippen LogP contribution in [-0.2, 0) is 11.0 Å². The molecule has 2 heteroatoms. The molecule has 14 heavy (non-hydrogen) atoms. The van der Waals surface area contributed by atoms with E-state index >= 15 is 0 Å². The minimum Gasteiger partial charge on any atom is -0.134 e. The quantitative estimate of drug-likeness (QED) is 0.580. The highest BCUT2D eigenvalue weighted by atomic mass is 32.1. The highest BCUT2D eigenvalue weighted by molar-refractivity contribution is 6.99. The Kier molecular flexibility index (Phi) is 2.79. The molecule has 80 valence electrons. The summed E-state index contributed by atoms with van der Waals surface area (Å²) in [7, 11) is 0. The fourth-order valence-electron chi connectivity index (χ4n) is 1.76. The van der Waals surface area contributed by atoms with Gasteiger partial charge in [-0.05, 0) is 5.41 Å². The van der Waals surface area contributed by atoms with Crippen molar-refractivity contribution >= 4 is 11.5 Å². The Morgan fingerprint density at radius 3 is 1.79 bits per heavy atom.